The summed E-state index contributed by atoms with van der Waals surface area (Å²) in [6.07, 6.45) is 0.259. The Morgan fingerprint density at radius 1 is 1.21 bits per heavy atom. The number of piperazine rings is 1. The van der Waals surface area contributed by atoms with Crippen molar-refractivity contribution >= 4 is 34.8 Å². The minimum absolute atomic E-state index is 0.0462. The zero-order chi connectivity index (χ0) is 21.0. The van der Waals surface area contributed by atoms with Crippen LogP contribution in [0.5, 0.6) is 5.75 Å². The molecular weight excluding hydrogens is 411 g/mol. The van der Waals surface area contributed by atoms with Crippen molar-refractivity contribution in [3.8, 4) is 5.75 Å². The van der Waals surface area contributed by atoms with Crippen LogP contribution in [0.25, 0.3) is 0 Å². The molecule has 0 bridgehead atoms. The van der Waals surface area contributed by atoms with E-state index in [0.29, 0.717) is 35.2 Å². The van der Waals surface area contributed by atoms with E-state index in [1.54, 1.807) is 30.3 Å². The van der Waals surface area contributed by atoms with Crippen molar-refractivity contribution in [2.24, 2.45) is 5.92 Å². The van der Waals surface area contributed by atoms with Gasteiger partial charge in [-0.25, -0.2) is 0 Å². The molecule has 154 valence electrons. The van der Waals surface area contributed by atoms with E-state index >= 15 is 0 Å². The summed E-state index contributed by atoms with van der Waals surface area (Å²) in [5.41, 5.74) is 1.30. The van der Waals surface area contributed by atoms with Gasteiger partial charge in [0.25, 0.3) is 0 Å². The van der Waals surface area contributed by atoms with Crippen LogP contribution in [-0.4, -0.2) is 53.8 Å². The Morgan fingerprint density at radius 3 is 2.72 bits per heavy atom. The second-order valence-electron chi connectivity index (χ2n) is 7.42. The Bertz CT molecular complexity index is 903. The molecule has 5 nitrogen and oxygen atoms in total. The van der Waals surface area contributed by atoms with E-state index in [0.717, 1.165) is 12.1 Å². The van der Waals surface area contributed by atoms with Crippen LogP contribution >= 0.6 is 23.2 Å². The van der Waals surface area contributed by atoms with Gasteiger partial charge in [0.1, 0.15) is 5.75 Å². The molecule has 0 spiro atoms. The molecule has 0 radical (unpaired) electrons. The molecule has 0 aromatic heterocycles. The quantitative estimate of drug-likeness (QED) is 0.651. The summed E-state index contributed by atoms with van der Waals surface area (Å²) in [7, 11) is 0. The molecule has 2 atom stereocenters. The number of ketones is 2. The zero-order valence-corrected chi connectivity index (χ0v) is 17.7. The first-order valence-electron chi connectivity index (χ1n) is 9.60. The lowest BCUT2D eigenvalue weighted by Gasteiger charge is -2.36. The largest absolute Gasteiger partial charge is 0.508 e. The van der Waals surface area contributed by atoms with Crippen molar-refractivity contribution in [2.45, 2.75) is 19.4 Å². The monoisotopic (exact) mass is 434 g/mol. The average molecular weight is 435 g/mol. The lowest BCUT2D eigenvalue weighted by atomic mass is 9.96. The summed E-state index contributed by atoms with van der Waals surface area (Å²) < 4.78 is 0. The van der Waals surface area contributed by atoms with Crippen molar-refractivity contribution in [1.82, 2.24) is 10.2 Å². The highest BCUT2D eigenvalue weighted by Crippen LogP contribution is 2.23. The number of nitrogens with one attached hydrogen (secondary N) is 1. The predicted molar refractivity (Wildman–Crippen MR) is 115 cm³/mol. The highest BCUT2D eigenvalue weighted by Gasteiger charge is 2.31. The molecule has 1 heterocycles. The Kier molecular flexibility index (Phi) is 7.30. The van der Waals surface area contributed by atoms with Crippen LogP contribution in [0.4, 0.5) is 0 Å². The van der Waals surface area contributed by atoms with Gasteiger partial charge in [0.15, 0.2) is 11.6 Å². The van der Waals surface area contributed by atoms with Gasteiger partial charge in [-0.1, -0.05) is 48.3 Å². The molecule has 29 heavy (non-hydrogen) atoms. The Hall–Kier alpha value is -1.92. The van der Waals surface area contributed by atoms with Gasteiger partial charge in [0.05, 0.1) is 16.1 Å². The number of phenolic OH excluding ortho intramolecular Hbond substituents is 1. The van der Waals surface area contributed by atoms with Crippen LogP contribution in [0, 0.1) is 5.92 Å². The maximum Gasteiger partial charge on any atom is 0.167 e. The maximum atomic E-state index is 13.0. The lowest BCUT2D eigenvalue weighted by molar-refractivity contribution is -0.124. The maximum absolute atomic E-state index is 13.0. The van der Waals surface area contributed by atoms with E-state index in [9.17, 15) is 14.7 Å². The van der Waals surface area contributed by atoms with Gasteiger partial charge in [0, 0.05) is 44.1 Å². The summed E-state index contributed by atoms with van der Waals surface area (Å²) in [5, 5.41) is 13.8. The lowest BCUT2D eigenvalue weighted by Crippen LogP contribution is -2.56. The first-order valence-corrected chi connectivity index (χ1v) is 10.4. The molecule has 1 fully saturated rings. The van der Waals surface area contributed by atoms with Crippen LogP contribution in [-0.2, 0) is 11.2 Å². The van der Waals surface area contributed by atoms with E-state index in [1.165, 1.54) is 12.1 Å². The summed E-state index contributed by atoms with van der Waals surface area (Å²) in [6, 6.07) is 11.3. The number of Topliss-reactive ketones (excluding diaryl/α,β-unsaturated/α-hetero) is 2. The highest BCUT2D eigenvalue weighted by atomic mass is 35.5. The van der Waals surface area contributed by atoms with Gasteiger partial charge < -0.3 is 10.4 Å². The normalized spacial score (nSPS) is 18.4. The van der Waals surface area contributed by atoms with Crippen molar-refractivity contribution in [2.75, 3.05) is 26.2 Å². The number of nitrogens with zero attached hydrogens (tertiary/aromatic N) is 1. The third-order valence-electron chi connectivity index (χ3n) is 5.17. The molecule has 1 saturated heterocycles. The van der Waals surface area contributed by atoms with Crippen LogP contribution in [0.15, 0.2) is 42.5 Å². The average Bonchev–Trinajstić information content (AvgIpc) is 2.70. The Balaban J connectivity index is 1.67. The summed E-state index contributed by atoms with van der Waals surface area (Å²) in [6.45, 7) is 4.34. The number of hydrogen-bond donors (Lipinski definition) is 2. The first kappa shape index (κ1) is 21.8. The summed E-state index contributed by atoms with van der Waals surface area (Å²) in [5.74, 6) is -0.196. The van der Waals surface area contributed by atoms with E-state index < -0.39 is 0 Å². The second kappa shape index (κ2) is 9.72. The zero-order valence-electron chi connectivity index (χ0n) is 16.2. The number of carbonyl (C=O) groups excluding carboxylic acids is 2. The standard InChI is InChI=1S/C22H24Cl2N2O3/c1-14(22(29)16-3-2-4-17(27)11-16)13-26-8-7-25-12-20(26)21(28)10-15-5-6-18(23)19(24)9-15/h2-6,9,11,14,20,25,27H,7-8,10,12-13H2,1H3. The van der Waals surface area contributed by atoms with Crippen LogP contribution < -0.4 is 5.32 Å². The molecule has 1 aliphatic heterocycles. The van der Waals surface area contributed by atoms with E-state index in [-0.39, 0.29) is 35.7 Å². The van der Waals surface area contributed by atoms with E-state index in [1.807, 2.05) is 6.92 Å². The van der Waals surface area contributed by atoms with Crippen molar-refractivity contribution in [3.05, 3.63) is 63.6 Å². The van der Waals surface area contributed by atoms with Gasteiger partial charge >= 0.3 is 0 Å². The molecule has 0 amide bonds. The van der Waals surface area contributed by atoms with E-state index in [2.05, 4.69) is 10.2 Å². The van der Waals surface area contributed by atoms with E-state index in [4.69, 9.17) is 23.2 Å². The molecule has 7 heteroatoms. The molecule has 2 aromatic carbocycles. The SMILES string of the molecule is CC(CN1CCNCC1C(=O)Cc1ccc(Cl)c(Cl)c1)C(=O)c1cccc(O)c1. The summed E-state index contributed by atoms with van der Waals surface area (Å²) >= 11 is 12.0. The number of phenols is 1. The highest BCUT2D eigenvalue weighted by molar-refractivity contribution is 6.42. The minimum Gasteiger partial charge on any atom is -0.508 e. The number of hydrogen-bond acceptors (Lipinski definition) is 5. The van der Waals surface area contributed by atoms with Gasteiger partial charge in [0.2, 0.25) is 0 Å². The second-order valence-corrected chi connectivity index (χ2v) is 8.24. The van der Waals surface area contributed by atoms with Gasteiger partial charge in [-0.3, -0.25) is 14.5 Å². The molecule has 1 aliphatic rings. The molecule has 0 aliphatic carbocycles. The van der Waals surface area contributed by atoms with Crippen LogP contribution in [0.1, 0.15) is 22.8 Å². The molecule has 0 saturated carbocycles. The third kappa shape index (κ3) is 5.58. The number of benzene rings is 2. The number of aromatic hydroxyl groups is 1. The molecule has 3 rings (SSSR count). The summed E-state index contributed by atoms with van der Waals surface area (Å²) in [4.78, 5) is 27.8. The number of halogens is 2. The van der Waals surface area contributed by atoms with Gasteiger partial charge in [-0.2, -0.15) is 0 Å². The fourth-order valence-corrected chi connectivity index (χ4v) is 3.95. The first-order chi connectivity index (χ1) is 13.8. The Labute approximate surface area is 180 Å². The smallest absolute Gasteiger partial charge is 0.167 e. The number of rotatable bonds is 7. The van der Waals surface area contributed by atoms with Crippen LogP contribution in [0.3, 0.4) is 0 Å². The van der Waals surface area contributed by atoms with Crippen molar-refractivity contribution in [1.29, 1.82) is 0 Å². The molecule has 2 unspecified atom stereocenters. The van der Waals surface area contributed by atoms with Crippen molar-refractivity contribution < 1.29 is 14.7 Å². The Morgan fingerprint density at radius 2 is 2.00 bits per heavy atom. The number of carbonyl (C=O) groups is 2. The third-order valence-corrected chi connectivity index (χ3v) is 5.91. The fourth-order valence-electron chi connectivity index (χ4n) is 3.63. The molecular formula is C22H24Cl2N2O3. The molecule has 2 N–H and O–H groups in total. The minimum atomic E-state index is -0.308. The topological polar surface area (TPSA) is 69.6 Å². The van der Waals surface area contributed by atoms with Gasteiger partial charge in [-0.05, 0) is 29.8 Å². The predicted octanol–water partition coefficient (Wildman–Crippen LogP) is 3.60. The van der Waals surface area contributed by atoms with Crippen LogP contribution in [0.2, 0.25) is 10.0 Å². The van der Waals surface area contributed by atoms with Gasteiger partial charge in [-0.15, -0.1) is 0 Å². The fraction of sp³-hybridized carbons (Fsp3) is 0.364. The molecule has 2 aromatic rings. The van der Waals surface area contributed by atoms with Crippen molar-refractivity contribution in [3.63, 3.8) is 0 Å².